The molecule has 3 rings (SSSR count). The first-order valence-corrected chi connectivity index (χ1v) is 8.06. The molecule has 0 saturated heterocycles. The fraction of sp³-hybridized carbons (Fsp3) is 0.125. The third-order valence-corrected chi connectivity index (χ3v) is 4.12. The summed E-state index contributed by atoms with van der Waals surface area (Å²) in [5, 5.41) is 14.5. The van der Waals surface area contributed by atoms with E-state index in [4.69, 9.17) is 0 Å². The highest BCUT2D eigenvalue weighted by molar-refractivity contribution is 7.13. The molecule has 0 aliphatic rings. The maximum absolute atomic E-state index is 13.2. The van der Waals surface area contributed by atoms with E-state index in [1.807, 2.05) is 0 Å². The van der Waals surface area contributed by atoms with Crippen LogP contribution in [0.25, 0.3) is 10.8 Å². The number of aromatic nitrogens is 3. The minimum absolute atomic E-state index is 0.157. The minimum Gasteiger partial charge on any atom is -0.387 e. The zero-order chi connectivity index (χ0) is 17.8. The van der Waals surface area contributed by atoms with Gasteiger partial charge < -0.3 is 10.4 Å². The molecule has 0 aliphatic carbocycles. The maximum Gasteiger partial charge on any atom is 0.270 e. The molecule has 0 unspecified atom stereocenters. The van der Waals surface area contributed by atoms with Gasteiger partial charge in [-0.25, -0.2) is 23.7 Å². The standard InChI is InChI=1S/C16H12F2N4O2S/c17-10-3-2-9(6-11(10)18)13(23)7-21-15(24)12-8-25-16(22-12)14-19-4-1-5-20-14/h1-6,8,13,23H,7H2,(H,21,24)/t13-/m1/s1. The quantitative estimate of drug-likeness (QED) is 0.727. The van der Waals surface area contributed by atoms with Gasteiger partial charge in [-0.05, 0) is 23.8 Å². The first kappa shape index (κ1) is 17.1. The molecular formula is C16H12F2N4O2S. The van der Waals surface area contributed by atoms with Crippen molar-refractivity contribution in [2.45, 2.75) is 6.10 Å². The average Bonchev–Trinajstić information content (AvgIpc) is 3.12. The molecule has 0 fully saturated rings. The molecule has 0 radical (unpaired) electrons. The molecule has 0 saturated carbocycles. The van der Waals surface area contributed by atoms with Gasteiger partial charge in [0.1, 0.15) is 5.69 Å². The number of aliphatic hydroxyl groups excluding tert-OH is 1. The fourth-order valence-electron chi connectivity index (χ4n) is 2.01. The molecule has 1 aromatic carbocycles. The van der Waals surface area contributed by atoms with Crippen molar-refractivity contribution in [2.24, 2.45) is 0 Å². The van der Waals surface area contributed by atoms with Gasteiger partial charge in [0.05, 0.1) is 6.10 Å². The molecule has 1 amide bonds. The Morgan fingerprint density at radius 3 is 2.72 bits per heavy atom. The highest BCUT2D eigenvalue weighted by atomic mass is 32.1. The Balaban J connectivity index is 1.63. The molecule has 2 aromatic heterocycles. The van der Waals surface area contributed by atoms with E-state index in [0.717, 1.165) is 12.1 Å². The van der Waals surface area contributed by atoms with Crippen LogP contribution in [0.5, 0.6) is 0 Å². The smallest absolute Gasteiger partial charge is 0.270 e. The zero-order valence-electron chi connectivity index (χ0n) is 12.7. The second kappa shape index (κ2) is 7.41. The highest BCUT2D eigenvalue weighted by Gasteiger charge is 2.16. The minimum atomic E-state index is -1.17. The third kappa shape index (κ3) is 4.01. The lowest BCUT2D eigenvalue weighted by molar-refractivity contribution is 0.0912. The summed E-state index contributed by atoms with van der Waals surface area (Å²) in [6.07, 6.45) is 1.97. The predicted octanol–water partition coefficient (Wildman–Crippen LogP) is 2.34. The number of nitrogens with zero attached hydrogens (tertiary/aromatic N) is 3. The van der Waals surface area contributed by atoms with Gasteiger partial charge in [0, 0.05) is 24.3 Å². The number of benzene rings is 1. The topological polar surface area (TPSA) is 88.0 Å². The molecule has 128 valence electrons. The van der Waals surface area contributed by atoms with E-state index in [1.54, 1.807) is 23.8 Å². The van der Waals surface area contributed by atoms with Gasteiger partial charge in [-0.2, -0.15) is 0 Å². The second-order valence-electron chi connectivity index (χ2n) is 5.01. The van der Waals surface area contributed by atoms with Crippen molar-refractivity contribution < 1.29 is 18.7 Å². The number of hydrogen-bond acceptors (Lipinski definition) is 6. The molecule has 3 aromatic rings. The van der Waals surface area contributed by atoms with E-state index < -0.39 is 23.6 Å². The monoisotopic (exact) mass is 362 g/mol. The van der Waals surface area contributed by atoms with E-state index in [2.05, 4.69) is 20.3 Å². The maximum atomic E-state index is 13.2. The summed E-state index contributed by atoms with van der Waals surface area (Å²) in [6, 6.07) is 4.73. The largest absolute Gasteiger partial charge is 0.387 e. The Kier molecular flexibility index (Phi) is 5.05. The molecule has 2 heterocycles. The number of halogens is 2. The summed E-state index contributed by atoms with van der Waals surface area (Å²) in [5.41, 5.74) is 0.320. The summed E-state index contributed by atoms with van der Waals surface area (Å²) in [5.74, 6) is -2.15. The van der Waals surface area contributed by atoms with Gasteiger partial charge >= 0.3 is 0 Å². The Morgan fingerprint density at radius 1 is 1.24 bits per heavy atom. The lowest BCUT2D eigenvalue weighted by Gasteiger charge is -2.12. The van der Waals surface area contributed by atoms with Gasteiger partial charge in [-0.3, -0.25) is 4.79 Å². The third-order valence-electron chi connectivity index (χ3n) is 3.28. The fourth-order valence-corrected chi connectivity index (χ4v) is 2.75. The van der Waals surface area contributed by atoms with Crippen LogP contribution >= 0.6 is 11.3 Å². The summed E-state index contributed by atoms with van der Waals surface area (Å²) >= 11 is 1.21. The van der Waals surface area contributed by atoms with Gasteiger partial charge in [-0.1, -0.05) is 6.07 Å². The van der Waals surface area contributed by atoms with Crippen molar-refractivity contribution in [1.29, 1.82) is 0 Å². The average molecular weight is 362 g/mol. The summed E-state index contributed by atoms with van der Waals surface area (Å²) in [4.78, 5) is 24.3. The molecule has 2 N–H and O–H groups in total. The first-order valence-electron chi connectivity index (χ1n) is 7.18. The van der Waals surface area contributed by atoms with Crippen LogP contribution in [0.15, 0.2) is 42.0 Å². The molecule has 6 nitrogen and oxygen atoms in total. The lowest BCUT2D eigenvalue weighted by atomic mass is 10.1. The summed E-state index contributed by atoms with van der Waals surface area (Å²) in [7, 11) is 0. The van der Waals surface area contributed by atoms with Crippen LogP contribution in [0.4, 0.5) is 8.78 Å². The van der Waals surface area contributed by atoms with Gasteiger partial charge in [0.2, 0.25) is 0 Å². The molecule has 0 aliphatic heterocycles. The number of carbonyl (C=O) groups is 1. The van der Waals surface area contributed by atoms with Crippen molar-refractivity contribution in [3.05, 3.63) is 64.9 Å². The second-order valence-corrected chi connectivity index (χ2v) is 5.87. The molecule has 9 heteroatoms. The Hall–Kier alpha value is -2.78. The number of rotatable bonds is 5. The highest BCUT2D eigenvalue weighted by Crippen LogP contribution is 2.20. The van der Waals surface area contributed by atoms with Crippen molar-refractivity contribution in [1.82, 2.24) is 20.3 Å². The molecule has 0 bridgehead atoms. The molecule has 25 heavy (non-hydrogen) atoms. The van der Waals surface area contributed by atoms with Crippen LogP contribution in [0, 0.1) is 11.6 Å². The van der Waals surface area contributed by atoms with E-state index in [-0.39, 0.29) is 17.8 Å². The number of hydrogen-bond donors (Lipinski definition) is 2. The number of amides is 1. The van der Waals surface area contributed by atoms with Crippen LogP contribution in [-0.4, -0.2) is 32.5 Å². The Labute approximate surface area is 145 Å². The van der Waals surface area contributed by atoms with Crippen molar-refractivity contribution >= 4 is 17.2 Å². The van der Waals surface area contributed by atoms with E-state index in [9.17, 15) is 18.7 Å². The van der Waals surface area contributed by atoms with Crippen LogP contribution in [-0.2, 0) is 0 Å². The number of aliphatic hydroxyl groups is 1. The van der Waals surface area contributed by atoms with Crippen LogP contribution in [0.2, 0.25) is 0 Å². The SMILES string of the molecule is O=C(NC[C@@H](O)c1ccc(F)c(F)c1)c1csc(-c2ncccn2)n1. The van der Waals surface area contributed by atoms with Crippen molar-refractivity contribution in [3.63, 3.8) is 0 Å². The van der Waals surface area contributed by atoms with Crippen molar-refractivity contribution in [2.75, 3.05) is 6.54 Å². The normalized spacial score (nSPS) is 12.0. The summed E-state index contributed by atoms with van der Waals surface area (Å²) < 4.78 is 26.1. The van der Waals surface area contributed by atoms with Gasteiger partial charge in [0.15, 0.2) is 22.5 Å². The number of nitrogens with one attached hydrogen (secondary N) is 1. The van der Waals surface area contributed by atoms with Gasteiger partial charge in [-0.15, -0.1) is 11.3 Å². The summed E-state index contributed by atoms with van der Waals surface area (Å²) in [6.45, 7) is -0.168. The van der Waals surface area contributed by atoms with Crippen LogP contribution in [0.3, 0.4) is 0 Å². The molecule has 0 spiro atoms. The number of thiazole rings is 1. The number of carbonyl (C=O) groups excluding carboxylic acids is 1. The van der Waals surface area contributed by atoms with Crippen molar-refractivity contribution in [3.8, 4) is 10.8 Å². The van der Waals surface area contributed by atoms with Crippen LogP contribution < -0.4 is 5.32 Å². The molecule has 1 atom stereocenters. The predicted molar refractivity (Wildman–Crippen MR) is 86.8 cm³/mol. The Morgan fingerprint density at radius 2 is 2.00 bits per heavy atom. The van der Waals surface area contributed by atoms with E-state index in [0.29, 0.717) is 10.8 Å². The lowest BCUT2D eigenvalue weighted by Crippen LogP contribution is -2.28. The molecular weight excluding hydrogens is 350 g/mol. The van der Waals surface area contributed by atoms with E-state index >= 15 is 0 Å². The first-order chi connectivity index (χ1) is 12.0. The Bertz CT molecular complexity index is 889. The van der Waals surface area contributed by atoms with Crippen LogP contribution in [0.1, 0.15) is 22.2 Å². The zero-order valence-corrected chi connectivity index (χ0v) is 13.5. The van der Waals surface area contributed by atoms with E-state index in [1.165, 1.54) is 17.4 Å². The van der Waals surface area contributed by atoms with Gasteiger partial charge in [0.25, 0.3) is 5.91 Å².